The molecule has 0 aliphatic carbocycles. The first-order valence-corrected chi connectivity index (χ1v) is 5.29. The van der Waals surface area contributed by atoms with Gasteiger partial charge in [-0.3, -0.25) is 4.21 Å². The maximum atomic E-state index is 11.5. The van der Waals surface area contributed by atoms with Crippen LogP contribution in [0.25, 0.3) is 0 Å². The third kappa shape index (κ3) is 2.40. The summed E-state index contributed by atoms with van der Waals surface area (Å²) in [5.74, 6) is 0.0737. The highest BCUT2D eigenvalue weighted by Gasteiger charge is 2.06. The average molecular weight is 193 g/mol. The molecule has 0 spiro atoms. The van der Waals surface area contributed by atoms with Gasteiger partial charge in [-0.15, -0.1) is 0 Å². The molecular formula is C10H11NOS. The van der Waals surface area contributed by atoms with Crippen molar-refractivity contribution in [3.05, 3.63) is 29.3 Å². The van der Waals surface area contributed by atoms with Gasteiger partial charge in [-0.2, -0.15) is 5.26 Å². The predicted molar refractivity (Wildman–Crippen MR) is 52.8 cm³/mol. The first-order chi connectivity index (χ1) is 6.15. The fourth-order valence-electron chi connectivity index (χ4n) is 1.09. The van der Waals surface area contributed by atoms with Gasteiger partial charge in [0.15, 0.2) is 0 Å². The third-order valence-electron chi connectivity index (χ3n) is 1.78. The number of aryl methyl sites for hydroxylation is 2. The summed E-state index contributed by atoms with van der Waals surface area (Å²) < 4.78 is 11.5. The summed E-state index contributed by atoms with van der Waals surface area (Å²) in [5, 5.41) is 8.42. The lowest BCUT2D eigenvalue weighted by atomic mass is 10.2. The molecule has 0 aliphatic rings. The van der Waals surface area contributed by atoms with Gasteiger partial charge in [0.25, 0.3) is 0 Å². The monoisotopic (exact) mass is 193 g/mol. The van der Waals surface area contributed by atoms with Crippen LogP contribution in [-0.4, -0.2) is 9.96 Å². The van der Waals surface area contributed by atoms with E-state index in [2.05, 4.69) is 0 Å². The lowest BCUT2D eigenvalue weighted by Gasteiger charge is -2.03. The summed E-state index contributed by atoms with van der Waals surface area (Å²) in [6.45, 7) is 3.86. The molecule has 0 heterocycles. The van der Waals surface area contributed by atoms with E-state index in [4.69, 9.17) is 5.26 Å². The van der Waals surface area contributed by atoms with E-state index < -0.39 is 10.8 Å². The van der Waals surface area contributed by atoms with E-state index in [0.717, 1.165) is 16.0 Å². The fraction of sp³-hybridized carbons (Fsp3) is 0.300. The van der Waals surface area contributed by atoms with E-state index in [1.807, 2.05) is 38.1 Å². The van der Waals surface area contributed by atoms with Crippen LogP contribution in [-0.2, 0) is 10.8 Å². The molecular weight excluding hydrogens is 182 g/mol. The Morgan fingerprint density at radius 1 is 1.46 bits per heavy atom. The molecule has 0 saturated carbocycles. The number of rotatable bonds is 2. The first-order valence-electron chi connectivity index (χ1n) is 3.97. The van der Waals surface area contributed by atoms with E-state index in [0.29, 0.717) is 0 Å². The summed E-state index contributed by atoms with van der Waals surface area (Å²) >= 11 is 0. The highest BCUT2D eigenvalue weighted by atomic mass is 32.2. The second kappa shape index (κ2) is 4.20. The largest absolute Gasteiger partial charge is 0.253 e. The summed E-state index contributed by atoms with van der Waals surface area (Å²) in [5.41, 5.74) is 2.06. The molecule has 1 aromatic rings. The fourth-order valence-corrected chi connectivity index (χ4v) is 2.11. The minimum Gasteiger partial charge on any atom is -0.253 e. The zero-order valence-corrected chi connectivity index (χ0v) is 8.52. The van der Waals surface area contributed by atoms with Crippen LogP contribution >= 0.6 is 0 Å². The predicted octanol–water partition coefficient (Wildman–Crippen LogP) is 1.93. The number of nitriles is 1. The Hall–Kier alpha value is -1.14. The van der Waals surface area contributed by atoms with Gasteiger partial charge in [-0.25, -0.2) is 0 Å². The normalized spacial score (nSPS) is 12.1. The van der Waals surface area contributed by atoms with Gasteiger partial charge in [0.05, 0.1) is 16.9 Å². The summed E-state index contributed by atoms with van der Waals surface area (Å²) in [7, 11) is -1.17. The molecule has 68 valence electrons. The second-order valence-corrected chi connectivity index (χ2v) is 4.34. The summed E-state index contributed by atoms with van der Waals surface area (Å²) in [6, 6.07) is 7.70. The minimum absolute atomic E-state index is 0.0737. The molecule has 0 amide bonds. The Morgan fingerprint density at radius 3 is 2.77 bits per heavy atom. The van der Waals surface area contributed by atoms with Crippen molar-refractivity contribution in [1.82, 2.24) is 0 Å². The molecule has 1 rings (SSSR count). The highest BCUT2D eigenvalue weighted by molar-refractivity contribution is 7.85. The van der Waals surface area contributed by atoms with E-state index in [9.17, 15) is 4.21 Å². The summed E-state index contributed by atoms with van der Waals surface area (Å²) in [4.78, 5) is 0.779. The Kier molecular flexibility index (Phi) is 3.21. The zero-order valence-electron chi connectivity index (χ0n) is 7.70. The molecule has 3 heteroatoms. The van der Waals surface area contributed by atoms with Crippen LogP contribution in [0.4, 0.5) is 0 Å². The van der Waals surface area contributed by atoms with Gasteiger partial charge in [0.2, 0.25) is 0 Å². The van der Waals surface area contributed by atoms with Crippen LogP contribution in [0.5, 0.6) is 0 Å². The van der Waals surface area contributed by atoms with Crippen LogP contribution in [0.15, 0.2) is 23.1 Å². The maximum Gasteiger partial charge on any atom is 0.115 e. The number of benzene rings is 1. The van der Waals surface area contributed by atoms with Crippen LogP contribution in [0, 0.1) is 25.2 Å². The molecule has 0 saturated heterocycles. The molecule has 0 aliphatic heterocycles. The molecule has 1 atom stereocenters. The Balaban J connectivity index is 3.07. The molecule has 1 aromatic carbocycles. The van der Waals surface area contributed by atoms with Crippen LogP contribution < -0.4 is 0 Å². The van der Waals surface area contributed by atoms with Gasteiger partial charge in [0, 0.05) is 4.90 Å². The van der Waals surface area contributed by atoms with Crippen LogP contribution in [0.1, 0.15) is 11.1 Å². The average Bonchev–Trinajstić information content (AvgIpc) is 2.09. The van der Waals surface area contributed by atoms with E-state index in [-0.39, 0.29) is 5.75 Å². The minimum atomic E-state index is -1.17. The second-order valence-electron chi connectivity index (χ2n) is 2.92. The van der Waals surface area contributed by atoms with Crippen molar-refractivity contribution < 1.29 is 4.21 Å². The first kappa shape index (κ1) is 9.94. The third-order valence-corrected chi connectivity index (χ3v) is 3.11. The van der Waals surface area contributed by atoms with Crippen molar-refractivity contribution in [3.63, 3.8) is 0 Å². The van der Waals surface area contributed by atoms with Crippen molar-refractivity contribution in [3.8, 4) is 6.07 Å². The zero-order chi connectivity index (χ0) is 9.84. The molecule has 0 radical (unpaired) electrons. The van der Waals surface area contributed by atoms with Crippen molar-refractivity contribution in [1.29, 1.82) is 5.26 Å². The lowest BCUT2D eigenvalue weighted by Crippen LogP contribution is -1.98. The Labute approximate surface area is 80.7 Å². The molecule has 0 N–H and O–H groups in total. The highest BCUT2D eigenvalue weighted by Crippen LogP contribution is 2.14. The van der Waals surface area contributed by atoms with Gasteiger partial charge >= 0.3 is 0 Å². The molecule has 2 nitrogen and oxygen atoms in total. The van der Waals surface area contributed by atoms with E-state index in [1.165, 1.54) is 0 Å². The molecule has 13 heavy (non-hydrogen) atoms. The van der Waals surface area contributed by atoms with Crippen molar-refractivity contribution in [2.45, 2.75) is 18.7 Å². The van der Waals surface area contributed by atoms with Crippen molar-refractivity contribution in [2.75, 3.05) is 5.75 Å². The van der Waals surface area contributed by atoms with Crippen LogP contribution in [0.2, 0.25) is 0 Å². The topological polar surface area (TPSA) is 40.9 Å². The van der Waals surface area contributed by atoms with E-state index in [1.54, 1.807) is 0 Å². The van der Waals surface area contributed by atoms with Crippen molar-refractivity contribution in [2.24, 2.45) is 0 Å². The SMILES string of the molecule is Cc1ccc(C)c(S(=O)CC#N)c1. The van der Waals surface area contributed by atoms with Crippen molar-refractivity contribution >= 4 is 10.8 Å². The molecule has 0 aromatic heterocycles. The number of hydrogen-bond acceptors (Lipinski definition) is 2. The smallest absolute Gasteiger partial charge is 0.115 e. The molecule has 1 unspecified atom stereocenters. The Morgan fingerprint density at radius 2 is 2.15 bits per heavy atom. The van der Waals surface area contributed by atoms with Crippen LogP contribution in [0.3, 0.4) is 0 Å². The molecule has 0 fully saturated rings. The van der Waals surface area contributed by atoms with Gasteiger partial charge in [-0.1, -0.05) is 12.1 Å². The maximum absolute atomic E-state index is 11.5. The van der Waals surface area contributed by atoms with Gasteiger partial charge in [0.1, 0.15) is 5.75 Å². The molecule has 0 bridgehead atoms. The lowest BCUT2D eigenvalue weighted by molar-refractivity contribution is 0.684. The number of nitrogens with zero attached hydrogens (tertiary/aromatic N) is 1. The Bertz CT molecular complexity index is 379. The van der Waals surface area contributed by atoms with E-state index >= 15 is 0 Å². The quantitative estimate of drug-likeness (QED) is 0.720. The number of hydrogen-bond donors (Lipinski definition) is 0. The van der Waals surface area contributed by atoms with Gasteiger partial charge < -0.3 is 0 Å². The van der Waals surface area contributed by atoms with Gasteiger partial charge in [-0.05, 0) is 31.0 Å². The summed E-state index contributed by atoms with van der Waals surface area (Å²) in [6.07, 6.45) is 0. The standard InChI is InChI=1S/C10H11NOS/c1-8-3-4-9(2)10(7-8)13(12)6-5-11/h3-4,7H,6H2,1-2H3.